The van der Waals surface area contributed by atoms with Crippen molar-refractivity contribution in [1.29, 1.82) is 0 Å². The van der Waals surface area contributed by atoms with Gasteiger partial charge < -0.3 is 9.84 Å². The van der Waals surface area contributed by atoms with Crippen LogP contribution in [0.2, 0.25) is 0 Å². The zero-order valence-electron chi connectivity index (χ0n) is 12.1. The maximum absolute atomic E-state index is 11.2. The maximum atomic E-state index is 11.2. The number of hydrogen-bond acceptors (Lipinski definition) is 3. The molecule has 0 spiro atoms. The summed E-state index contributed by atoms with van der Waals surface area (Å²) in [6, 6.07) is 4.83. The Morgan fingerprint density at radius 2 is 2.00 bits per heavy atom. The topological polar surface area (TPSA) is 46.5 Å². The van der Waals surface area contributed by atoms with Gasteiger partial charge in [0.25, 0.3) is 0 Å². The van der Waals surface area contributed by atoms with Gasteiger partial charge in [-0.2, -0.15) is 0 Å². The average molecular weight is 264 g/mol. The van der Waals surface area contributed by atoms with Crippen LogP contribution in [-0.4, -0.2) is 17.5 Å². The Bertz CT molecular complexity index is 410. The molecule has 0 atom stereocenters. The minimum Gasteiger partial charge on any atom is -0.507 e. The smallest absolute Gasteiger partial charge is 0.163 e. The summed E-state index contributed by atoms with van der Waals surface area (Å²) in [6.07, 6.45) is 4.67. The van der Waals surface area contributed by atoms with E-state index in [4.69, 9.17) is 4.74 Å². The summed E-state index contributed by atoms with van der Waals surface area (Å²) in [7, 11) is 0. The summed E-state index contributed by atoms with van der Waals surface area (Å²) >= 11 is 0. The number of ketones is 1. The van der Waals surface area contributed by atoms with E-state index in [1.807, 2.05) is 0 Å². The van der Waals surface area contributed by atoms with Crippen LogP contribution in [0.3, 0.4) is 0 Å². The molecule has 0 unspecified atom stereocenters. The molecule has 0 amide bonds. The lowest BCUT2D eigenvalue weighted by Gasteiger charge is -2.08. The minimum atomic E-state index is -0.141. The summed E-state index contributed by atoms with van der Waals surface area (Å²) in [5, 5.41) is 9.66. The van der Waals surface area contributed by atoms with Gasteiger partial charge in [-0.3, -0.25) is 4.79 Å². The quantitative estimate of drug-likeness (QED) is 0.565. The fraction of sp³-hybridized carbons (Fsp3) is 0.562. The van der Waals surface area contributed by atoms with Gasteiger partial charge in [-0.05, 0) is 31.4 Å². The third-order valence-electron chi connectivity index (χ3n) is 3.04. The first-order chi connectivity index (χ1) is 9.00. The molecule has 1 aromatic carbocycles. The van der Waals surface area contributed by atoms with E-state index in [2.05, 4.69) is 13.8 Å². The van der Waals surface area contributed by atoms with Crippen molar-refractivity contribution in [2.45, 2.75) is 46.5 Å². The highest BCUT2D eigenvalue weighted by atomic mass is 16.5. The molecule has 1 rings (SSSR count). The highest BCUT2D eigenvalue weighted by Gasteiger charge is 2.07. The van der Waals surface area contributed by atoms with Crippen molar-refractivity contribution in [2.24, 2.45) is 5.92 Å². The van der Waals surface area contributed by atoms with E-state index in [0.717, 1.165) is 18.8 Å². The zero-order chi connectivity index (χ0) is 14.3. The molecule has 0 aliphatic heterocycles. The lowest BCUT2D eigenvalue weighted by atomic mass is 10.1. The second-order valence-corrected chi connectivity index (χ2v) is 5.33. The predicted molar refractivity (Wildman–Crippen MR) is 76.9 cm³/mol. The van der Waals surface area contributed by atoms with Crippen LogP contribution in [0.15, 0.2) is 18.2 Å². The fourth-order valence-electron chi connectivity index (χ4n) is 1.92. The molecule has 0 saturated carbocycles. The molecule has 1 N–H and O–H groups in total. The van der Waals surface area contributed by atoms with Crippen molar-refractivity contribution in [3.8, 4) is 11.5 Å². The lowest BCUT2D eigenvalue weighted by Crippen LogP contribution is -1.99. The van der Waals surface area contributed by atoms with Gasteiger partial charge in [0, 0.05) is 6.07 Å². The van der Waals surface area contributed by atoms with E-state index < -0.39 is 0 Å². The molecule has 0 heterocycles. The van der Waals surface area contributed by atoms with Gasteiger partial charge in [-0.1, -0.05) is 33.1 Å². The van der Waals surface area contributed by atoms with Crippen LogP contribution in [0.5, 0.6) is 11.5 Å². The SMILES string of the molecule is CC(=O)c1ccc(OCCCCCC(C)C)cc1O. The van der Waals surface area contributed by atoms with Gasteiger partial charge in [0.05, 0.1) is 12.2 Å². The molecule has 0 saturated heterocycles. The van der Waals surface area contributed by atoms with Crippen molar-refractivity contribution >= 4 is 5.78 Å². The Labute approximate surface area is 115 Å². The first-order valence-electron chi connectivity index (χ1n) is 6.97. The number of carbonyl (C=O) groups excluding carboxylic acids is 1. The summed E-state index contributed by atoms with van der Waals surface area (Å²) < 4.78 is 5.56. The number of benzene rings is 1. The summed E-state index contributed by atoms with van der Waals surface area (Å²) in [4.78, 5) is 11.2. The molecule has 3 heteroatoms. The Hall–Kier alpha value is -1.51. The molecule has 0 radical (unpaired) electrons. The monoisotopic (exact) mass is 264 g/mol. The first kappa shape index (κ1) is 15.5. The molecule has 0 aromatic heterocycles. The molecule has 0 aliphatic carbocycles. The number of ether oxygens (including phenoxy) is 1. The number of carbonyl (C=O) groups is 1. The Morgan fingerprint density at radius 3 is 2.58 bits per heavy atom. The summed E-state index contributed by atoms with van der Waals surface area (Å²) in [6.45, 7) is 6.55. The minimum absolute atomic E-state index is 0.00944. The molecule has 0 aliphatic rings. The highest BCUT2D eigenvalue weighted by molar-refractivity contribution is 5.96. The Morgan fingerprint density at radius 1 is 1.26 bits per heavy atom. The van der Waals surface area contributed by atoms with Crippen LogP contribution < -0.4 is 4.74 Å². The molecular weight excluding hydrogens is 240 g/mol. The van der Waals surface area contributed by atoms with Crippen LogP contribution in [-0.2, 0) is 0 Å². The van der Waals surface area contributed by atoms with E-state index >= 15 is 0 Å². The van der Waals surface area contributed by atoms with Gasteiger partial charge in [0.15, 0.2) is 5.78 Å². The van der Waals surface area contributed by atoms with E-state index in [-0.39, 0.29) is 11.5 Å². The summed E-state index contributed by atoms with van der Waals surface area (Å²) in [5.41, 5.74) is 0.337. The second-order valence-electron chi connectivity index (χ2n) is 5.33. The Balaban J connectivity index is 2.30. The van der Waals surface area contributed by atoms with Crippen molar-refractivity contribution in [3.05, 3.63) is 23.8 Å². The van der Waals surface area contributed by atoms with Crippen molar-refractivity contribution in [3.63, 3.8) is 0 Å². The van der Waals surface area contributed by atoms with Gasteiger partial charge in [0.2, 0.25) is 0 Å². The van der Waals surface area contributed by atoms with Gasteiger partial charge in [0.1, 0.15) is 11.5 Å². The molecule has 19 heavy (non-hydrogen) atoms. The standard InChI is InChI=1S/C16H24O3/c1-12(2)7-5-4-6-10-19-14-8-9-15(13(3)17)16(18)11-14/h8-9,11-12,18H,4-7,10H2,1-3H3. The number of unbranched alkanes of at least 4 members (excludes halogenated alkanes) is 2. The zero-order valence-corrected chi connectivity index (χ0v) is 12.1. The molecule has 0 fully saturated rings. The number of aromatic hydroxyl groups is 1. The largest absolute Gasteiger partial charge is 0.507 e. The molecular formula is C16H24O3. The Kier molecular flexibility index (Phi) is 6.40. The van der Waals surface area contributed by atoms with Crippen LogP contribution in [0.4, 0.5) is 0 Å². The highest BCUT2D eigenvalue weighted by Crippen LogP contribution is 2.24. The van der Waals surface area contributed by atoms with Crippen molar-refractivity contribution in [2.75, 3.05) is 6.61 Å². The fourth-order valence-corrected chi connectivity index (χ4v) is 1.92. The number of phenolic OH excluding ortho intramolecular Hbond substituents is 1. The number of rotatable bonds is 8. The van der Waals surface area contributed by atoms with E-state index in [1.165, 1.54) is 25.8 Å². The van der Waals surface area contributed by atoms with Gasteiger partial charge in [-0.25, -0.2) is 0 Å². The van der Waals surface area contributed by atoms with Crippen molar-refractivity contribution in [1.82, 2.24) is 0 Å². The number of hydrogen-bond donors (Lipinski definition) is 1. The van der Waals surface area contributed by atoms with E-state index in [0.29, 0.717) is 17.9 Å². The third kappa shape index (κ3) is 5.77. The lowest BCUT2D eigenvalue weighted by molar-refractivity contribution is 0.101. The molecule has 106 valence electrons. The number of Topliss-reactive ketones (excluding diaryl/α,β-unsaturated/α-hetero) is 1. The summed E-state index contributed by atoms with van der Waals surface area (Å²) in [5.74, 6) is 1.23. The van der Waals surface area contributed by atoms with E-state index in [9.17, 15) is 9.90 Å². The van der Waals surface area contributed by atoms with Gasteiger partial charge >= 0.3 is 0 Å². The van der Waals surface area contributed by atoms with Crippen LogP contribution in [0, 0.1) is 5.92 Å². The normalized spacial score (nSPS) is 10.7. The molecule has 1 aromatic rings. The first-order valence-corrected chi connectivity index (χ1v) is 6.97. The molecule has 0 bridgehead atoms. The predicted octanol–water partition coefficient (Wildman–Crippen LogP) is 4.19. The van der Waals surface area contributed by atoms with Crippen LogP contribution >= 0.6 is 0 Å². The van der Waals surface area contributed by atoms with Crippen LogP contribution in [0.1, 0.15) is 56.8 Å². The van der Waals surface area contributed by atoms with Crippen LogP contribution in [0.25, 0.3) is 0 Å². The average Bonchev–Trinajstić information content (AvgIpc) is 2.32. The number of phenols is 1. The molecule has 3 nitrogen and oxygen atoms in total. The second kappa shape index (κ2) is 7.82. The van der Waals surface area contributed by atoms with E-state index in [1.54, 1.807) is 12.1 Å². The third-order valence-corrected chi connectivity index (χ3v) is 3.04. The maximum Gasteiger partial charge on any atom is 0.163 e. The van der Waals surface area contributed by atoms with Crippen molar-refractivity contribution < 1.29 is 14.6 Å². The van der Waals surface area contributed by atoms with Gasteiger partial charge in [-0.15, -0.1) is 0 Å².